The highest BCUT2D eigenvalue weighted by molar-refractivity contribution is 9.10. The van der Waals surface area contributed by atoms with Crippen molar-refractivity contribution in [3.63, 3.8) is 0 Å². The van der Waals surface area contributed by atoms with Crippen molar-refractivity contribution in [1.29, 1.82) is 0 Å². The predicted molar refractivity (Wildman–Crippen MR) is 108 cm³/mol. The van der Waals surface area contributed by atoms with E-state index in [2.05, 4.69) is 26.2 Å². The van der Waals surface area contributed by atoms with Gasteiger partial charge >= 0.3 is 0 Å². The van der Waals surface area contributed by atoms with Gasteiger partial charge in [0.25, 0.3) is 5.91 Å². The number of aromatic amines is 1. The van der Waals surface area contributed by atoms with Crippen molar-refractivity contribution in [2.75, 3.05) is 27.9 Å². The average Bonchev–Trinajstić information content (AvgIpc) is 3.12. The SMILES string of the molecule is COc1ccc2cc(C(=O)NCCc3cc(OC)c(OC)cc3Br)[nH]c2c1. The quantitative estimate of drug-likeness (QED) is 0.593. The fourth-order valence-corrected chi connectivity index (χ4v) is 3.37. The number of halogens is 1. The molecule has 0 saturated heterocycles. The summed E-state index contributed by atoms with van der Waals surface area (Å²) in [6.45, 7) is 0.492. The zero-order chi connectivity index (χ0) is 19.4. The van der Waals surface area contributed by atoms with Gasteiger partial charge in [0.1, 0.15) is 11.4 Å². The van der Waals surface area contributed by atoms with Crippen molar-refractivity contribution in [3.8, 4) is 17.2 Å². The summed E-state index contributed by atoms with van der Waals surface area (Å²) in [5, 5.41) is 3.90. The lowest BCUT2D eigenvalue weighted by atomic mass is 10.1. The van der Waals surface area contributed by atoms with Crippen LogP contribution in [0.15, 0.2) is 40.9 Å². The molecule has 0 spiro atoms. The lowest BCUT2D eigenvalue weighted by molar-refractivity contribution is 0.0950. The Hall–Kier alpha value is -2.67. The highest BCUT2D eigenvalue weighted by atomic mass is 79.9. The lowest BCUT2D eigenvalue weighted by Gasteiger charge is -2.12. The van der Waals surface area contributed by atoms with Crippen LogP contribution in [-0.4, -0.2) is 38.8 Å². The van der Waals surface area contributed by atoms with Crippen molar-refractivity contribution in [2.24, 2.45) is 0 Å². The van der Waals surface area contributed by atoms with Crippen LogP contribution in [-0.2, 0) is 6.42 Å². The summed E-state index contributed by atoms with van der Waals surface area (Å²) in [7, 11) is 4.81. The predicted octanol–water partition coefficient (Wildman–Crippen LogP) is 3.93. The molecule has 0 radical (unpaired) electrons. The van der Waals surface area contributed by atoms with Gasteiger partial charge in [0.15, 0.2) is 11.5 Å². The van der Waals surface area contributed by atoms with Gasteiger partial charge in [0.05, 0.1) is 21.3 Å². The number of aromatic nitrogens is 1. The number of methoxy groups -OCH3 is 3. The van der Waals surface area contributed by atoms with E-state index in [4.69, 9.17) is 14.2 Å². The lowest BCUT2D eigenvalue weighted by Crippen LogP contribution is -2.26. The first-order valence-electron chi connectivity index (χ1n) is 8.41. The number of hydrogen-bond donors (Lipinski definition) is 2. The molecule has 6 nitrogen and oxygen atoms in total. The Morgan fingerprint density at radius 1 is 1.04 bits per heavy atom. The van der Waals surface area contributed by atoms with Gasteiger partial charge in [-0.15, -0.1) is 0 Å². The van der Waals surface area contributed by atoms with Gasteiger partial charge < -0.3 is 24.5 Å². The maximum Gasteiger partial charge on any atom is 0.267 e. The molecule has 27 heavy (non-hydrogen) atoms. The minimum absolute atomic E-state index is 0.151. The van der Waals surface area contributed by atoms with E-state index in [1.54, 1.807) is 21.3 Å². The second kappa shape index (κ2) is 8.35. The van der Waals surface area contributed by atoms with E-state index in [0.29, 0.717) is 30.2 Å². The molecule has 0 fully saturated rings. The number of rotatable bonds is 7. The van der Waals surface area contributed by atoms with Crippen LogP contribution in [0.25, 0.3) is 10.9 Å². The molecule has 0 unspecified atom stereocenters. The molecule has 2 N–H and O–H groups in total. The first kappa shape index (κ1) is 19.1. The number of carbonyl (C=O) groups excluding carboxylic acids is 1. The summed E-state index contributed by atoms with van der Waals surface area (Å²) in [5.74, 6) is 1.91. The van der Waals surface area contributed by atoms with E-state index in [1.807, 2.05) is 36.4 Å². The van der Waals surface area contributed by atoms with Crippen LogP contribution in [0.3, 0.4) is 0 Å². The molecule has 0 aliphatic rings. The van der Waals surface area contributed by atoms with E-state index in [0.717, 1.165) is 26.7 Å². The number of nitrogens with one attached hydrogen (secondary N) is 2. The molecule has 0 aliphatic heterocycles. The van der Waals surface area contributed by atoms with Crippen molar-refractivity contribution in [2.45, 2.75) is 6.42 Å². The monoisotopic (exact) mass is 432 g/mol. The highest BCUT2D eigenvalue weighted by Gasteiger charge is 2.12. The Labute approximate surface area is 165 Å². The maximum atomic E-state index is 12.4. The Kier molecular flexibility index (Phi) is 5.91. The van der Waals surface area contributed by atoms with Crippen LogP contribution in [0.4, 0.5) is 0 Å². The van der Waals surface area contributed by atoms with E-state index < -0.39 is 0 Å². The molecule has 2 aromatic carbocycles. The molecule has 1 aromatic heterocycles. The zero-order valence-electron chi connectivity index (χ0n) is 15.4. The molecule has 0 aliphatic carbocycles. The first-order valence-corrected chi connectivity index (χ1v) is 9.20. The molecular weight excluding hydrogens is 412 g/mol. The van der Waals surface area contributed by atoms with Crippen LogP contribution in [0, 0.1) is 0 Å². The van der Waals surface area contributed by atoms with Crippen molar-refractivity contribution in [3.05, 3.63) is 52.1 Å². The van der Waals surface area contributed by atoms with Crippen molar-refractivity contribution < 1.29 is 19.0 Å². The van der Waals surface area contributed by atoms with Crippen LogP contribution in [0.1, 0.15) is 16.1 Å². The number of carbonyl (C=O) groups is 1. The number of ether oxygens (including phenoxy) is 3. The van der Waals surface area contributed by atoms with E-state index in [-0.39, 0.29) is 5.91 Å². The van der Waals surface area contributed by atoms with E-state index >= 15 is 0 Å². The van der Waals surface area contributed by atoms with Crippen LogP contribution < -0.4 is 19.5 Å². The summed E-state index contributed by atoms with van der Waals surface area (Å²) >= 11 is 3.53. The summed E-state index contributed by atoms with van der Waals surface area (Å²) in [5.41, 5.74) is 2.40. The van der Waals surface area contributed by atoms with Gasteiger partial charge in [-0.1, -0.05) is 15.9 Å². The Morgan fingerprint density at radius 3 is 2.48 bits per heavy atom. The Bertz CT molecular complexity index is 968. The zero-order valence-corrected chi connectivity index (χ0v) is 17.0. The summed E-state index contributed by atoms with van der Waals surface area (Å²) in [4.78, 5) is 15.6. The van der Waals surface area contributed by atoms with Gasteiger partial charge in [-0.3, -0.25) is 4.79 Å². The third kappa shape index (κ3) is 4.19. The molecular formula is C20H21BrN2O4. The number of H-pyrrole nitrogens is 1. The number of benzene rings is 2. The fourth-order valence-electron chi connectivity index (χ4n) is 2.85. The number of amides is 1. The molecule has 7 heteroatoms. The van der Waals surface area contributed by atoms with Crippen LogP contribution in [0.2, 0.25) is 0 Å². The maximum absolute atomic E-state index is 12.4. The summed E-state index contributed by atoms with van der Waals surface area (Å²) < 4.78 is 16.7. The molecule has 0 bridgehead atoms. The Balaban J connectivity index is 1.66. The topological polar surface area (TPSA) is 72.6 Å². The Morgan fingerprint density at radius 2 is 1.78 bits per heavy atom. The normalized spacial score (nSPS) is 10.7. The number of fused-ring (bicyclic) bond motifs is 1. The van der Waals surface area contributed by atoms with Gasteiger partial charge in [-0.25, -0.2) is 0 Å². The number of hydrogen-bond acceptors (Lipinski definition) is 4. The first-order chi connectivity index (χ1) is 13.0. The standard InChI is InChI=1S/C20H21BrN2O4/c1-25-14-5-4-13-8-17(23-16(13)10-14)20(24)22-7-6-12-9-18(26-2)19(27-3)11-15(12)21/h4-5,8-11,23H,6-7H2,1-3H3,(H,22,24). The minimum atomic E-state index is -0.151. The molecule has 0 saturated carbocycles. The largest absolute Gasteiger partial charge is 0.497 e. The minimum Gasteiger partial charge on any atom is -0.497 e. The van der Waals surface area contributed by atoms with Crippen molar-refractivity contribution in [1.82, 2.24) is 10.3 Å². The average molecular weight is 433 g/mol. The molecule has 142 valence electrons. The van der Waals surface area contributed by atoms with Gasteiger partial charge in [0.2, 0.25) is 0 Å². The molecule has 0 atom stereocenters. The van der Waals surface area contributed by atoms with Crippen LogP contribution >= 0.6 is 15.9 Å². The van der Waals surface area contributed by atoms with Gasteiger partial charge in [0, 0.05) is 28.0 Å². The molecule has 1 heterocycles. The van der Waals surface area contributed by atoms with Crippen LogP contribution in [0.5, 0.6) is 17.2 Å². The molecule has 3 rings (SSSR count). The second-order valence-electron chi connectivity index (χ2n) is 5.94. The van der Waals surface area contributed by atoms with Gasteiger partial charge in [-0.2, -0.15) is 0 Å². The summed E-state index contributed by atoms with van der Waals surface area (Å²) in [6, 6.07) is 11.3. The smallest absolute Gasteiger partial charge is 0.267 e. The fraction of sp³-hybridized carbons (Fsp3) is 0.250. The van der Waals surface area contributed by atoms with Gasteiger partial charge in [-0.05, 0) is 42.3 Å². The molecule has 3 aromatic rings. The second-order valence-corrected chi connectivity index (χ2v) is 6.80. The third-order valence-electron chi connectivity index (χ3n) is 4.31. The highest BCUT2D eigenvalue weighted by Crippen LogP contribution is 2.33. The van der Waals surface area contributed by atoms with Crippen molar-refractivity contribution >= 4 is 32.7 Å². The third-order valence-corrected chi connectivity index (χ3v) is 5.04. The van der Waals surface area contributed by atoms with E-state index in [9.17, 15) is 4.79 Å². The molecule has 1 amide bonds. The van der Waals surface area contributed by atoms with E-state index in [1.165, 1.54) is 0 Å². The summed E-state index contributed by atoms with van der Waals surface area (Å²) in [6.07, 6.45) is 0.654.